The van der Waals surface area contributed by atoms with E-state index in [9.17, 15) is 14.4 Å². The van der Waals surface area contributed by atoms with Gasteiger partial charge in [-0.1, -0.05) is 248 Å². The van der Waals surface area contributed by atoms with Gasteiger partial charge in [0.2, 0.25) is 0 Å². The summed E-state index contributed by atoms with van der Waals surface area (Å²) in [6.07, 6.45) is 65.0. The minimum Gasteiger partial charge on any atom is -0.462 e. The summed E-state index contributed by atoms with van der Waals surface area (Å²) in [5.41, 5.74) is 0. The molecule has 0 aliphatic heterocycles. The van der Waals surface area contributed by atoms with Crippen LogP contribution in [0.5, 0.6) is 0 Å². The van der Waals surface area contributed by atoms with Gasteiger partial charge >= 0.3 is 17.9 Å². The Bertz CT molecular complexity index is 1170. The van der Waals surface area contributed by atoms with E-state index in [4.69, 9.17) is 14.2 Å². The fourth-order valence-corrected chi connectivity index (χ4v) is 7.78. The molecule has 6 heteroatoms. The number of hydrogen-bond donors (Lipinski definition) is 0. The molecule has 0 N–H and O–H groups in total. The second-order valence-corrected chi connectivity index (χ2v) is 18.1. The molecule has 1 atom stereocenters. The first kappa shape index (κ1) is 61.1. The Labute approximate surface area is 396 Å². The van der Waals surface area contributed by atoms with Crippen LogP contribution in [0.4, 0.5) is 0 Å². The van der Waals surface area contributed by atoms with Crippen molar-refractivity contribution in [2.45, 2.75) is 277 Å². The van der Waals surface area contributed by atoms with Gasteiger partial charge in [-0.15, -0.1) is 0 Å². The van der Waals surface area contributed by atoms with Crippen molar-refractivity contribution in [1.82, 2.24) is 0 Å². The van der Waals surface area contributed by atoms with Gasteiger partial charge in [-0.3, -0.25) is 14.4 Å². The molecule has 0 rings (SSSR count). The van der Waals surface area contributed by atoms with E-state index in [1.807, 2.05) is 0 Å². The largest absolute Gasteiger partial charge is 0.462 e. The molecule has 0 aliphatic carbocycles. The van der Waals surface area contributed by atoms with E-state index in [0.29, 0.717) is 19.3 Å². The Balaban J connectivity index is 4.33. The third kappa shape index (κ3) is 50.1. The van der Waals surface area contributed by atoms with Crippen LogP contribution in [0, 0.1) is 0 Å². The lowest BCUT2D eigenvalue weighted by atomic mass is 10.0. The maximum atomic E-state index is 12.8. The summed E-state index contributed by atoms with van der Waals surface area (Å²) in [7, 11) is 0. The molecule has 1 unspecified atom stereocenters. The van der Waals surface area contributed by atoms with Gasteiger partial charge in [0, 0.05) is 19.3 Å². The van der Waals surface area contributed by atoms with Crippen LogP contribution in [-0.2, 0) is 28.6 Å². The second-order valence-electron chi connectivity index (χ2n) is 18.1. The Kier molecular flexibility index (Phi) is 50.4. The van der Waals surface area contributed by atoms with Crippen LogP contribution in [0.15, 0.2) is 60.8 Å². The van der Waals surface area contributed by atoms with Crippen LogP contribution < -0.4 is 0 Å². The molecule has 0 radical (unpaired) electrons. The van der Waals surface area contributed by atoms with Crippen molar-refractivity contribution < 1.29 is 28.6 Å². The molecule has 0 saturated heterocycles. The Hall–Kier alpha value is -2.89. The normalized spacial score (nSPS) is 12.5. The zero-order chi connectivity index (χ0) is 46.5. The van der Waals surface area contributed by atoms with Gasteiger partial charge in [-0.05, 0) is 64.2 Å². The maximum Gasteiger partial charge on any atom is 0.306 e. The Morgan fingerprint density at radius 2 is 0.688 bits per heavy atom. The van der Waals surface area contributed by atoms with Crippen LogP contribution >= 0.6 is 0 Å². The number of carbonyl (C=O) groups excluding carboxylic acids is 3. The number of ether oxygens (including phenoxy) is 3. The van der Waals surface area contributed by atoms with E-state index in [2.05, 4.69) is 81.5 Å². The average Bonchev–Trinajstić information content (AvgIpc) is 3.29. The fraction of sp³-hybridized carbons (Fsp3) is 0.776. The van der Waals surface area contributed by atoms with Gasteiger partial charge < -0.3 is 14.2 Å². The predicted molar refractivity (Wildman–Crippen MR) is 275 cm³/mol. The lowest BCUT2D eigenvalue weighted by molar-refractivity contribution is -0.167. The molecule has 0 fully saturated rings. The fourth-order valence-electron chi connectivity index (χ4n) is 7.78. The lowest BCUT2D eigenvalue weighted by Crippen LogP contribution is -2.30. The van der Waals surface area contributed by atoms with E-state index in [1.165, 1.54) is 128 Å². The van der Waals surface area contributed by atoms with E-state index in [-0.39, 0.29) is 31.1 Å². The van der Waals surface area contributed by atoms with Gasteiger partial charge in [0.15, 0.2) is 6.10 Å². The van der Waals surface area contributed by atoms with Crippen molar-refractivity contribution in [3.05, 3.63) is 60.8 Å². The molecule has 0 saturated carbocycles. The first-order valence-electron chi connectivity index (χ1n) is 27.3. The van der Waals surface area contributed by atoms with E-state index < -0.39 is 6.10 Å². The van der Waals surface area contributed by atoms with Crippen molar-refractivity contribution in [2.24, 2.45) is 0 Å². The smallest absolute Gasteiger partial charge is 0.306 e. The average molecular weight is 895 g/mol. The van der Waals surface area contributed by atoms with Gasteiger partial charge in [-0.2, -0.15) is 0 Å². The molecule has 0 aliphatic rings. The summed E-state index contributed by atoms with van der Waals surface area (Å²) in [6, 6.07) is 0. The van der Waals surface area contributed by atoms with Crippen LogP contribution in [0.25, 0.3) is 0 Å². The number of carbonyl (C=O) groups is 3. The number of unbranched alkanes of at least 4 members (excludes halogenated alkanes) is 30. The zero-order valence-electron chi connectivity index (χ0n) is 42.3. The Morgan fingerprint density at radius 3 is 1.11 bits per heavy atom. The van der Waals surface area contributed by atoms with Gasteiger partial charge in [-0.25, -0.2) is 0 Å². The molecule has 64 heavy (non-hydrogen) atoms. The molecule has 0 aromatic heterocycles. The number of rotatable bonds is 49. The van der Waals surface area contributed by atoms with Crippen molar-refractivity contribution in [1.29, 1.82) is 0 Å². The molecular formula is C58H102O6. The molecule has 0 aromatic rings. The van der Waals surface area contributed by atoms with Crippen molar-refractivity contribution in [3.8, 4) is 0 Å². The molecule has 0 heterocycles. The topological polar surface area (TPSA) is 78.9 Å². The van der Waals surface area contributed by atoms with Crippen molar-refractivity contribution in [2.75, 3.05) is 13.2 Å². The standard InChI is InChI=1S/C58H102O6/c1-4-7-10-13-16-19-22-25-27-28-29-30-32-33-36-39-42-45-48-51-57(60)63-54-55(53-62-56(59)50-47-44-41-38-35-24-21-18-15-12-9-6-3)64-58(61)52-49-46-43-40-37-34-31-26-23-20-17-14-11-8-5-2/h8-9,11-12,14,17-18,20-21,23,55H,4-7,10,13,15-16,19,22,24-54H2,1-3H3/b11-8-,12-9-,17-14-,21-18-,23-20-. The SMILES string of the molecule is CC\C=C/C=C\C=C/CCCCCCCCCC(=O)OC(COC(=O)CCCCCCC/C=C\C/C=C\CC)COC(=O)CCCCCCCCCCCCCCCCCCCCC. The van der Waals surface area contributed by atoms with Crippen LogP contribution in [0.3, 0.4) is 0 Å². The Morgan fingerprint density at radius 1 is 0.344 bits per heavy atom. The van der Waals surface area contributed by atoms with Gasteiger partial charge in [0.05, 0.1) is 0 Å². The summed E-state index contributed by atoms with van der Waals surface area (Å²) < 4.78 is 16.8. The number of allylic oxidation sites excluding steroid dienone is 10. The third-order valence-corrected chi connectivity index (χ3v) is 11.8. The first-order valence-corrected chi connectivity index (χ1v) is 27.3. The van der Waals surface area contributed by atoms with Crippen LogP contribution in [-0.4, -0.2) is 37.2 Å². The van der Waals surface area contributed by atoms with Crippen LogP contribution in [0.1, 0.15) is 271 Å². The highest BCUT2D eigenvalue weighted by molar-refractivity contribution is 5.71. The molecule has 0 bridgehead atoms. The minimum atomic E-state index is -0.784. The lowest BCUT2D eigenvalue weighted by Gasteiger charge is -2.18. The van der Waals surface area contributed by atoms with E-state index >= 15 is 0 Å². The minimum absolute atomic E-state index is 0.0816. The molecule has 370 valence electrons. The predicted octanol–water partition coefficient (Wildman–Crippen LogP) is 18.0. The highest BCUT2D eigenvalue weighted by atomic mass is 16.6. The maximum absolute atomic E-state index is 12.8. The monoisotopic (exact) mass is 895 g/mol. The quantitative estimate of drug-likeness (QED) is 0.0199. The van der Waals surface area contributed by atoms with Crippen LogP contribution in [0.2, 0.25) is 0 Å². The molecule has 0 spiro atoms. The summed E-state index contributed by atoms with van der Waals surface area (Å²) in [5, 5.41) is 0. The second kappa shape index (κ2) is 52.7. The molecule has 6 nitrogen and oxygen atoms in total. The molecular weight excluding hydrogens is 793 g/mol. The number of hydrogen-bond acceptors (Lipinski definition) is 6. The third-order valence-electron chi connectivity index (χ3n) is 11.8. The van der Waals surface area contributed by atoms with E-state index in [1.54, 1.807) is 0 Å². The van der Waals surface area contributed by atoms with Gasteiger partial charge in [0.25, 0.3) is 0 Å². The van der Waals surface area contributed by atoms with Crippen molar-refractivity contribution >= 4 is 17.9 Å². The molecule has 0 amide bonds. The summed E-state index contributed by atoms with van der Waals surface area (Å²) >= 11 is 0. The van der Waals surface area contributed by atoms with Crippen molar-refractivity contribution in [3.63, 3.8) is 0 Å². The summed E-state index contributed by atoms with van der Waals surface area (Å²) in [5.74, 6) is -0.901. The highest BCUT2D eigenvalue weighted by Gasteiger charge is 2.19. The van der Waals surface area contributed by atoms with Gasteiger partial charge in [0.1, 0.15) is 13.2 Å². The molecule has 0 aromatic carbocycles. The first-order chi connectivity index (χ1) is 31.5. The number of esters is 3. The summed E-state index contributed by atoms with van der Waals surface area (Å²) in [4.78, 5) is 38.0. The van der Waals surface area contributed by atoms with E-state index in [0.717, 1.165) is 103 Å². The highest BCUT2D eigenvalue weighted by Crippen LogP contribution is 2.16. The zero-order valence-corrected chi connectivity index (χ0v) is 42.3. The summed E-state index contributed by atoms with van der Waals surface area (Å²) in [6.45, 7) is 6.40.